The minimum absolute atomic E-state index is 0.234. The smallest absolute Gasteiger partial charge is 0.123 e. The van der Waals surface area contributed by atoms with E-state index in [0.717, 1.165) is 23.5 Å². The number of hydrogen-bond acceptors (Lipinski definition) is 3. The van der Waals surface area contributed by atoms with E-state index in [4.69, 9.17) is 9.47 Å². The van der Waals surface area contributed by atoms with E-state index in [9.17, 15) is 5.11 Å². The van der Waals surface area contributed by atoms with Crippen LogP contribution in [0, 0.1) is 0 Å². The molecule has 0 aliphatic rings. The van der Waals surface area contributed by atoms with Gasteiger partial charge in [0.05, 0.1) is 13.2 Å². The van der Waals surface area contributed by atoms with Crippen LogP contribution in [0.4, 0.5) is 0 Å². The van der Waals surface area contributed by atoms with Crippen LogP contribution in [0.25, 0.3) is 0 Å². The first kappa shape index (κ1) is 15.4. The van der Waals surface area contributed by atoms with E-state index < -0.39 is 6.10 Å². The Labute approximate surface area is 126 Å². The van der Waals surface area contributed by atoms with Crippen LogP contribution in [0.3, 0.4) is 0 Å². The quantitative estimate of drug-likeness (QED) is 0.884. The van der Waals surface area contributed by atoms with Crippen molar-refractivity contribution < 1.29 is 14.6 Å². The Kier molecular flexibility index (Phi) is 5.23. The van der Waals surface area contributed by atoms with Crippen molar-refractivity contribution in [2.24, 2.45) is 0 Å². The molecule has 2 unspecified atom stereocenters. The Morgan fingerprint density at radius 2 is 1.67 bits per heavy atom. The van der Waals surface area contributed by atoms with E-state index in [0.29, 0.717) is 0 Å². The van der Waals surface area contributed by atoms with Crippen molar-refractivity contribution in [2.75, 3.05) is 7.11 Å². The molecule has 0 aromatic heterocycles. The van der Waals surface area contributed by atoms with Crippen LogP contribution in [-0.2, 0) is 6.42 Å². The zero-order valence-corrected chi connectivity index (χ0v) is 12.7. The SMILES string of the molecule is COc1ccc(Cc2ccccc2OC(C)C(C)O)cc1. The number of hydrogen-bond donors (Lipinski definition) is 1. The molecule has 0 saturated heterocycles. The van der Waals surface area contributed by atoms with Gasteiger partial charge >= 0.3 is 0 Å². The zero-order chi connectivity index (χ0) is 15.2. The molecule has 0 aliphatic carbocycles. The third-order valence-corrected chi connectivity index (χ3v) is 3.52. The number of methoxy groups -OCH3 is 1. The zero-order valence-electron chi connectivity index (χ0n) is 12.7. The number of ether oxygens (including phenoxy) is 2. The highest BCUT2D eigenvalue weighted by Gasteiger charge is 2.12. The number of aliphatic hydroxyl groups excluding tert-OH is 1. The second kappa shape index (κ2) is 7.14. The van der Waals surface area contributed by atoms with Gasteiger partial charge in [-0.3, -0.25) is 0 Å². The molecule has 0 heterocycles. The highest BCUT2D eigenvalue weighted by Crippen LogP contribution is 2.24. The summed E-state index contributed by atoms with van der Waals surface area (Å²) in [6, 6.07) is 15.9. The number of rotatable bonds is 6. The van der Waals surface area contributed by atoms with Crippen molar-refractivity contribution in [1.82, 2.24) is 0 Å². The monoisotopic (exact) mass is 286 g/mol. The van der Waals surface area contributed by atoms with Crippen LogP contribution in [0.2, 0.25) is 0 Å². The Morgan fingerprint density at radius 1 is 1.00 bits per heavy atom. The molecule has 2 aromatic carbocycles. The summed E-state index contributed by atoms with van der Waals surface area (Å²) in [7, 11) is 1.66. The lowest BCUT2D eigenvalue weighted by Crippen LogP contribution is -2.26. The molecule has 3 nitrogen and oxygen atoms in total. The molecular weight excluding hydrogens is 264 g/mol. The van der Waals surface area contributed by atoms with Gasteiger partial charge in [0.25, 0.3) is 0 Å². The third-order valence-electron chi connectivity index (χ3n) is 3.52. The van der Waals surface area contributed by atoms with E-state index in [1.807, 2.05) is 55.5 Å². The predicted molar refractivity (Wildman–Crippen MR) is 84.0 cm³/mol. The van der Waals surface area contributed by atoms with Gasteiger partial charge in [0.1, 0.15) is 17.6 Å². The second-order valence-corrected chi connectivity index (χ2v) is 5.20. The standard InChI is InChI=1S/C18H22O3/c1-13(19)14(2)21-18-7-5-4-6-16(18)12-15-8-10-17(20-3)11-9-15/h4-11,13-14,19H,12H2,1-3H3. The molecule has 3 heteroatoms. The highest BCUT2D eigenvalue weighted by atomic mass is 16.5. The van der Waals surface area contributed by atoms with Crippen molar-refractivity contribution in [3.63, 3.8) is 0 Å². The van der Waals surface area contributed by atoms with Gasteiger partial charge in [0.2, 0.25) is 0 Å². The molecule has 2 aromatic rings. The third kappa shape index (κ3) is 4.23. The fourth-order valence-electron chi connectivity index (χ4n) is 2.03. The molecule has 0 amide bonds. The number of aliphatic hydroxyl groups is 1. The maximum absolute atomic E-state index is 9.58. The van der Waals surface area contributed by atoms with E-state index in [1.165, 1.54) is 5.56 Å². The van der Waals surface area contributed by atoms with E-state index >= 15 is 0 Å². The van der Waals surface area contributed by atoms with Crippen LogP contribution in [0.1, 0.15) is 25.0 Å². The summed E-state index contributed by atoms with van der Waals surface area (Å²) in [5.74, 6) is 1.67. The molecule has 0 spiro atoms. The molecule has 0 fully saturated rings. The van der Waals surface area contributed by atoms with E-state index in [2.05, 4.69) is 0 Å². The van der Waals surface area contributed by atoms with Gasteiger partial charge in [0, 0.05) is 6.42 Å². The molecule has 0 saturated carbocycles. The summed E-state index contributed by atoms with van der Waals surface area (Å²) < 4.78 is 11.0. The van der Waals surface area contributed by atoms with Crippen molar-refractivity contribution in [2.45, 2.75) is 32.5 Å². The molecular formula is C18H22O3. The van der Waals surface area contributed by atoms with Crippen molar-refractivity contribution in [3.8, 4) is 11.5 Å². The normalized spacial score (nSPS) is 13.5. The Morgan fingerprint density at radius 3 is 2.29 bits per heavy atom. The molecule has 2 rings (SSSR count). The molecule has 0 radical (unpaired) electrons. The molecule has 112 valence electrons. The van der Waals surface area contributed by atoms with Gasteiger partial charge in [-0.25, -0.2) is 0 Å². The average Bonchev–Trinajstić information content (AvgIpc) is 2.50. The maximum atomic E-state index is 9.58. The first-order chi connectivity index (χ1) is 10.1. The van der Waals surface area contributed by atoms with Gasteiger partial charge in [-0.15, -0.1) is 0 Å². The molecule has 0 aliphatic heterocycles. The van der Waals surface area contributed by atoms with E-state index in [-0.39, 0.29) is 6.10 Å². The fourth-order valence-corrected chi connectivity index (χ4v) is 2.03. The lowest BCUT2D eigenvalue weighted by molar-refractivity contribution is 0.0599. The Hall–Kier alpha value is -2.00. The maximum Gasteiger partial charge on any atom is 0.123 e. The van der Waals surface area contributed by atoms with Crippen LogP contribution >= 0.6 is 0 Å². The summed E-state index contributed by atoms with van der Waals surface area (Å²) >= 11 is 0. The molecule has 0 bridgehead atoms. The minimum atomic E-state index is -0.501. The first-order valence-electron chi connectivity index (χ1n) is 7.15. The first-order valence-corrected chi connectivity index (χ1v) is 7.15. The van der Waals surface area contributed by atoms with Crippen LogP contribution in [0.5, 0.6) is 11.5 Å². The molecule has 2 atom stereocenters. The van der Waals surface area contributed by atoms with Crippen molar-refractivity contribution in [1.29, 1.82) is 0 Å². The van der Waals surface area contributed by atoms with Crippen molar-refractivity contribution in [3.05, 3.63) is 59.7 Å². The lowest BCUT2D eigenvalue weighted by Gasteiger charge is -2.19. The number of benzene rings is 2. The van der Waals surface area contributed by atoms with Gasteiger partial charge in [-0.05, 0) is 43.2 Å². The largest absolute Gasteiger partial charge is 0.497 e. The topological polar surface area (TPSA) is 38.7 Å². The number of para-hydroxylation sites is 1. The Balaban J connectivity index is 2.15. The van der Waals surface area contributed by atoms with Gasteiger partial charge in [-0.1, -0.05) is 30.3 Å². The lowest BCUT2D eigenvalue weighted by atomic mass is 10.0. The van der Waals surface area contributed by atoms with Crippen molar-refractivity contribution >= 4 is 0 Å². The molecule has 1 N–H and O–H groups in total. The second-order valence-electron chi connectivity index (χ2n) is 5.20. The van der Waals surface area contributed by atoms with Gasteiger partial charge in [-0.2, -0.15) is 0 Å². The van der Waals surface area contributed by atoms with Gasteiger partial charge < -0.3 is 14.6 Å². The fraction of sp³-hybridized carbons (Fsp3) is 0.333. The van der Waals surface area contributed by atoms with Crippen LogP contribution in [-0.4, -0.2) is 24.4 Å². The summed E-state index contributed by atoms with van der Waals surface area (Å²) in [4.78, 5) is 0. The average molecular weight is 286 g/mol. The summed E-state index contributed by atoms with van der Waals surface area (Å²) in [5.41, 5.74) is 2.30. The minimum Gasteiger partial charge on any atom is -0.497 e. The molecule has 21 heavy (non-hydrogen) atoms. The van der Waals surface area contributed by atoms with Gasteiger partial charge in [0.15, 0.2) is 0 Å². The Bertz CT molecular complexity index is 561. The summed E-state index contributed by atoms with van der Waals surface area (Å²) in [6.07, 6.45) is 0.0493. The summed E-state index contributed by atoms with van der Waals surface area (Å²) in [6.45, 7) is 3.60. The highest BCUT2D eigenvalue weighted by molar-refractivity contribution is 5.39. The summed E-state index contributed by atoms with van der Waals surface area (Å²) in [5, 5.41) is 9.58. The predicted octanol–water partition coefficient (Wildman–Crippen LogP) is 3.43. The van der Waals surface area contributed by atoms with Crippen LogP contribution in [0.15, 0.2) is 48.5 Å². The van der Waals surface area contributed by atoms with E-state index in [1.54, 1.807) is 14.0 Å². The van der Waals surface area contributed by atoms with Crippen LogP contribution < -0.4 is 9.47 Å².